The van der Waals surface area contributed by atoms with Gasteiger partial charge >= 0.3 is 0 Å². The first-order valence-electron chi connectivity index (χ1n) is 30.1. The summed E-state index contributed by atoms with van der Waals surface area (Å²) in [6.07, 6.45) is -78.1. The fourth-order valence-corrected chi connectivity index (χ4v) is 12.0. The Hall–Kier alpha value is -2.62. The fraction of sp³-hybridized carbons (Fsp3) is 0.962. The predicted octanol–water partition coefficient (Wildman–Crippen LogP) is -18.2. The number of carbonyl (C=O) groups is 2. The molecule has 0 aromatic carbocycles. The molecule has 43 heteroatoms. The first-order chi connectivity index (χ1) is 44.9. The van der Waals surface area contributed by atoms with Gasteiger partial charge in [-0.25, -0.2) is 0 Å². The van der Waals surface area contributed by atoms with Crippen LogP contribution in [0.1, 0.15) is 13.8 Å². The molecule has 8 rings (SSSR count). The van der Waals surface area contributed by atoms with E-state index in [1.54, 1.807) is 0 Å². The molecule has 8 heterocycles. The number of hydrogen-bond acceptors (Lipinski definition) is 41. The Balaban J connectivity index is 1.13. The van der Waals surface area contributed by atoms with E-state index in [-0.39, 0.29) is 0 Å². The highest BCUT2D eigenvalue weighted by molar-refractivity contribution is 5.73. The number of hydrogen-bond donors (Lipinski definition) is 26. The van der Waals surface area contributed by atoms with Crippen LogP contribution in [0.25, 0.3) is 0 Å². The minimum atomic E-state index is -2.50. The van der Waals surface area contributed by atoms with Gasteiger partial charge in [0.15, 0.2) is 50.3 Å². The van der Waals surface area contributed by atoms with E-state index in [2.05, 4.69) is 10.6 Å². The topological polar surface area (TPSA) is 682 Å². The molecule has 43 nitrogen and oxygen atoms in total. The zero-order valence-corrected chi connectivity index (χ0v) is 50.4. The third-order valence-electron chi connectivity index (χ3n) is 17.4. The summed E-state index contributed by atoms with van der Waals surface area (Å²) in [6, 6.07) is -3.50. The molecular weight excluding hydrogens is 1310 g/mol. The number of nitrogens with one attached hydrogen (secondary N) is 2. The lowest BCUT2D eigenvalue weighted by atomic mass is 9.94. The van der Waals surface area contributed by atoms with Crippen LogP contribution in [-0.2, 0) is 80.6 Å². The van der Waals surface area contributed by atoms with Crippen LogP contribution in [-0.4, -0.2) is 433 Å². The largest absolute Gasteiger partial charge is 0.394 e. The van der Waals surface area contributed by atoms with Crippen molar-refractivity contribution in [2.75, 3.05) is 52.9 Å². The second-order valence-electron chi connectivity index (χ2n) is 23.9. The average molecular weight is 1400 g/mol. The van der Waals surface area contributed by atoms with Crippen molar-refractivity contribution < 1.29 is 203 Å². The van der Waals surface area contributed by atoms with Crippen LogP contribution in [0.5, 0.6) is 0 Å². The number of aliphatic hydroxyl groups excluding tert-OH is 24. The summed E-state index contributed by atoms with van der Waals surface area (Å²) in [5, 5.41) is 266. The molecule has 0 aromatic heterocycles. The maximum atomic E-state index is 12.8. The van der Waals surface area contributed by atoms with Gasteiger partial charge in [-0.15, -0.1) is 0 Å². The van der Waals surface area contributed by atoms with E-state index in [1.165, 1.54) is 0 Å². The van der Waals surface area contributed by atoms with Crippen molar-refractivity contribution >= 4 is 11.8 Å². The zero-order valence-electron chi connectivity index (χ0n) is 50.4. The van der Waals surface area contributed by atoms with Crippen LogP contribution in [0.4, 0.5) is 0 Å². The minimum absolute atomic E-state index is 0.768. The molecule has 26 N–H and O–H groups in total. The van der Waals surface area contributed by atoms with E-state index in [9.17, 15) is 132 Å². The third-order valence-corrected chi connectivity index (χ3v) is 17.4. The van der Waals surface area contributed by atoms with Crippen molar-refractivity contribution in [3.8, 4) is 0 Å². The highest BCUT2D eigenvalue weighted by atomic mass is 16.8. The molecule has 95 heavy (non-hydrogen) atoms. The van der Waals surface area contributed by atoms with Crippen molar-refractivity contribution in [1.29, 1.82) is 0 Å². The molecule has 0 aliphatic carbocycles. The summed E-state index contributed by atoms with van der Waals surface area (Å²) >= 11 is 0. The van der Waals surface area contributed by atoms with Crippen LogP contribution in [0, 0.1) is 0 Å². The van der Waals surface area contributed by atoms with E-state index >= 15 is 0 Å². The number of rotatable bonds is 24. The Morgan fingerprint density at radius 1 is 0.274 bits per heavy atom. The molecule has 2 amide bonds. The average Bonchev–Trinajstić information content (AvgIpc) is 0.785. The summed E-state index contributed by atoms with van der Waals surface area (Å²) in [4.78, 5) is 24.9. The molecule has 0 saturated carbocycles. The van der Waals surface area contributed by atoms with E-state index in [0.29, 0.717) is 0 Å². The Bertz CT molecular complexity index is 2380. The Morgan fingerprint density at radius 3 is 1.05 bits per heavy atom. The monoisotopic (exact) mass is 1400 g/mol. The van der Waals surface area contributed by atoms with Crippen LogP contribution in [0.3, 0.4) is 0 Å². The Labute approximate surface area is 536 Å². The van der Waals surface area contributed by atoms with E-state index in [0.717, 1.165) is 13.8 Å². The second-order valence-corrected chi connectivity index (χ2v) is 23.9. The van der Waals surface area contributed by atoms with E-state index in [4.69, 9.17) is 71.1 Å². The molecule has 40 atom stereocenters. The molecule has 8 aliphatic rings. The van der Waals surface area contributed by atoms with Gasteiger partial charge in [0.2, 0.25) is 11.8 Å². The highest BCUT2D eigenvalue weighted by Crippen LogP contribution is 2.38. The molecule has 8 fully saturated rings. The van der Waals surface area contributed by atoms with E-state index in [1.807, 2.05) is 0 Å². The van der Waals surface area contributed by atoms with E-state index < -0.39 is 310 Å². The molecule has 8 aliphatic heterocycles. The Kier molecular flexibility index (Phi) is 27.9. The summed E-state index contributed by atoms with van der Waals surface area (Å²) in [6.45, 7) is -6.29. The van der Waals surface area contributed by atoms with Crippen molar-refractivity contribution in [2.24, 2.45) is 0 Å². The van der Waals surface area contributed by atoms with Crippen molar-refractivity contribution in [1.82, 2.24) is 10.6 Å². The molecule has 0 radical (unpaired) electrons. The molecule has 552 valence electrons. The van der Waals surface area contributed by atoms with Gasteiger partial charge in [-0.05, 0) is 0 Å². The zero-order chi connectivity index (χ0) is 69.9. The molecule has 0 aromatic rings. The Morgan fingerprint density at radius 2 is 0.579 bits per heavy atom. The lowest BCUT2D eigenvalue weighted by molar-refractivity contribution is -0.400. The molecular formula is C52H88N2O41. The van der Waals surface area contributed by atoms with Crippen LogP contribution in [0.2, 0.25) is 0 Å². The van der Waals surface area contributed by atoms with Gasteiger partial charge in [0, 0.05) is 13.8 Å². The summed E-state index contributed by atoms with van der Waals surface area (Å²) in [5.74, 6) is -1.68. The van der Waals surface area contributed by atoms with Gasteiger partial charge in [-0.3, -0.25) is 9.59 Å². The van der Waals surface area contributed by atoms with Crippen LogP contribution >= 0.6 is 0 Å². The number of ether oxygens (including phenoxy) is 15. The van der Waals surface area contributed by atoms with Crippen LogP contribution < -0.4 is 10.6 Å². The van der Waals surface area contributed by atoms with Crippen LogP contribution in [0.15, 0.2) is 0 Å². The quantitative estimate of drug-likeness (QED) is 0.0427. The fourth-order valence-electron chi connectivity index (χ4n) is 12.0. The minimum Gasteiger partial charge on any atom is -0.394 e. The van der Waals surface area contributed by atoms with Crippen molar-refractivity contribution in [3.63, 3.8) is 0 Å². The predicted molar refractivity (Wildman–Crippen MR) is 288 cm³/mol. The second kappa shape index (κ2) is 33.9. The first-order valence-corrected chi connectivity index (χ1v) is 30.1. The number of aliphatic hydroxyl groups is 24. The lowest BCUT2D eigenvalue weighted by Gasteiger charge is -2.51. The standard InChI is InChI=1S/C52H88N2O41/c1-11(61)53-21-29(69)40(17(7-59)83-45(21)80)91-46-22(54-12(2)62)30(70)41(18(8-60)88-46)92-50-39(79)42(93-52-44(34(74)26(66)16(6-58)87-52)95-49-38(78)33(73)25(65)15(5-57)86-49)28(68)20(89-50)10-82-51-43(94-48-37(77)32(72)24(64)14(4-56)85-48)35(75)27(67)19(90-51)9-81-47-36(76)31(71)23(63)13(3-55)84-47/h13-52,55-60,63-80H,3-10H2,1-2H3,(H,53,61)(H,54,62)/t13-,14-,15-,16-,17-,18-,19-,20-,21-,22-,23-,24-,25-,26-,27-,28-,29-,30-,31+,32+,33+,34+,35+,36+,37+,38-,39+,40-,41-,42+,43+,44+,45-,46+,47+,48-,49-,50+,51+,52-/m1/s1. The normalized spacial score (nSPS) is 50.8. The third kappa shape index (κ3) is 17.0. The summed E-state index contributed by atoms with van der Waals surface area (Å²) in [7, 11) is 0. The number of amides is 2. The molecule has 0 unspecified atom stereocenters. The van der Waals surface area contributed by atoms with Gasteiger partial charge in [0.1, 0.15) is 195 Å². The summed E-state index contributed by atoms with van der Waals surface area (Å²) in [5.41, 5.74) is 0. The van der Waals surface area contributed by atoms with Gasteiger partial charge in [-0.2, -0.15) is 0 Å². The first kappa shape index (κ1) is 78.1. The lowest BCUT2D eigenvalue weighted by Crippen LogP contribution is -2.70. The smallest absolute Gasteiger partial charge is 0.217 e. The maximum absolute atomic E-state index is 12.8. The SMILES string of the molecule is CC(=O)N[C@@H]1[C@@H](O)[C@H](O[C@@H]2O[C@H](CO)[C@@H](O[C@@H]3O[C@H](CO[C@H]4O[C@H](CO[C@H]5O[C@H](CO)[C@@H](O)[C@H](O)[C@@H]5O)[C@@H](O)[C@H](O)[C@@H]4O[C@H]4O[C@H](CO)[C@@H](O)[C@H](O)[C@@H]4O)[C@@H](O)[C@H](O[C@H]4O[C@H](CO)[C@@H](O)[C@H](O)[C@@H]4O[C@H]4O[C@H](CO)[C@@H](O)[C@H](O)[C@H]4O)[C@@H]3O)[C@H](O)[C@H]2NC(C)=O)[C@@H](CO)O[C@H]1O. The molecule has 0 bridgehead atoms. The van der Waals surface area contributed by atoms with Crippen molar-refractivity contribution in [2.45, 2.75) is 259 Å². The molecule has 8 saturated heterocycles. The van der Waals surface area contributed by atoms with Crippen molar-refractivity contribution in [3.05, 3.63) is 0 Å². The number of carbonyl (C=O) groups excluding carboxylic acids is 2. The van der Waals surface area contributed by atoms with Gasteiger partial charge < -0.3 is 204 Å². The molecule has 0 spiro atoms. The van der Waals surface area contributed by atoms with Gasteiger partial charge in [0.25, 0.3) is 0 Å². The summed E-state index contributed by atoms with van der Waals surface area (Å²) < 4.78 is 86.9. The van der Waals surface area contributed by atoms with Gasteiger partial charge in [-0.1, -0.05) is 0 Å². The maximum Gasteiger partial charge on any atom is 0.217 e. The van der Waals surface area contributed by atoms with Gasteiger partial charge in [0.05, 0.1) is 52.9 Å². The highest BCUT2D eigenvalue weighted by Gasteiger charge is 2.59.